The third-order valence-corrected chi connectivity index (χ3v) is 4.21. The molecule has 0 N–H and O–H groups in total. The fourth-order valence-electron chi connectivity index (χ4n) is 1.92. The molecule has 0 aliphatic rings. The van der Waals surface area contributed by atoms with Crippen LogP contribution in [0.25, 0.3) is 10.6 Å². The van der Waals surface area contributed by atoms with E-state index in [9.17, 15) is 0 Å². The summed E-state index contributed by atoms with van der Waals surface area (Å²) < 4.78 is 11.0. The molecule has 0 saturated carbocycles. The smallest absolute Gasteiger partial charge is 0.161 e. The average molecular weight is 302 g/mol. The minimum atomic E-state index is 0.401. The van der Waals surface area contributed by atoms with E-state index in [0.29, 0.717) is 18.8 Å². The summed E-state index contributed by atoms with van der Waals surface area (Å²) in [7, 11) is 1.63. The van der Waals surface area contributed by atoms with Crippen molar-refractivity contribution in [3.63, 3.8) is 0 Å². The van der Waals surface area contributed by atoms with Crippen molar-refractivity contribution in [3.8, 4) is 28.1 Å². The highest BCUT2D eigenvalue weighted by molar-refractivity contribution is 7.15. The first-order valence-electron chi connectivity index (χ1n) is 6.84. The van der Waals surface area contributed by atoms with Crippen LogP contribution in [-0.2, 0) is 6.42 Å². The summed E-state index contributed by atoms with van der Waals surface area (Å²) in [5.41, 5.74) is 1.90. The van der Waals surface area contributed by atoms with Crippen molar-refractivity contribution in [2.24, 2.45) is 0 Å². The third-order valence-electron chi connectivity index (χ3n) is 3.00. The second-order valence-electron chi connectivity index (χ2n) is 4.58. The predicted octanol–water partition coefficient (Wildman–Crippen LogP) is 3.98. The maximum absolute atomic E-state index is 8.82. The Hall–Kier alpha value is -2.06. The minimum absolute atomic E-state index is 0.401. The summed E-state index contributed by atoms with van der Waals surface area (Å²) in [5.74, 6) is 1.45. The van der Waals surface area contributed by atoms with Gasteiger partial charge in [0.2, 0.25) is 0 Å². The molecule has 1 heterocycles. The summed E-state index contributed by atoms with van der Waals surface area (Å²) in [6.45, 7) is 4.66. The maximum atomic E-state index is 8.82. The van der Waals surface area contributed by atoms with Crippen molar-refractivity contribution in [1.82, 2.24) is 4.98 Å². The van der Waals surface area contributed by atoms with Crippen LogP contribution in [0.1, 0.15) is 23.9 Å². The molecule has 0 bridgehead atoms. The number of hydrogen-bond donors (Lipinski definition) is 0. The lowest BCUT2D eigenvalue weighted by atomic mass is 10.2. The summed E-state index contributed by atoms with van der Waals surface area (Å²) in [6, 6.07) is 7.98. The Labute approximate surface area is 129 Å². The van der Waals surface area contributed by atoms with Crippen LogP contribution < -0.4 is 9.47 Å². The first-order valence-corrected chi connectivity index (χ1v) is 7.65. The van der Waals surface area contributed by atoms with Gasteiger partial charge in [0.15, 0.2) is 11.5 Å². The number of hydrogen-bond acceptors (Lipinski definition) is 5. The molecule has 21 heavy (non-hydrogen) atoms. The van der Waals surface area contributed by atoms with Gasteiger partial charge in [-0.1, -0.05) is 6.92 Å². The SMILES string of the molecule is CCCOc1ccc(-c2nc(C)c(CC#N)s2)cc1OC. The molecule has 5 heteroatoms. The lowest BCUT2D eigenvalue weighted by molar-refractivity contribution is 0.294. The zero-order valence-electron chi connectivity index (χ0n) is 12.5. The number of methoxy groups -OCH3 is 1. The van der Waals surface area contributed by atoms with E-state index >= 15 is 0 Å². The predicted molar refractivity (Wildman–Crippen MR) is 83.9 cm³/mol. The Morgan fingerprint density at radius 2 is 2.14 bits per heavy atom. The van der Waals surface area contributed by atoms with Crippen molar-refractivity contribution in [3.05, 3.63) is 28.8 Å². The molecule has 4 nitrogen and oxygen atoms in total. The highest BCUT2D eigenvalue weighted by atomic mass is 32.1. The number of nitrogens with zero attached hydrogens (tertiary/aromatic N) is 2. The average Bonchev–Trinajstić information content (AvgIpc) is 2.86. The molecule has 0 fully saturated rings. The molecule has 110 valence electrons. The van der Waals surface area contributed by atoms with Crippen LogP contribution in [0.4, 0.5) is 0 Å². The number of ether oxygens (including phenoxy) is 2. The summed E-state index contributed by atoms with van der Waals surface area (Å²) >= 11 is 1.55. The van der Waals surface area contributed by atoms with Gasteiger partial charge in [0, 0.05) is 10.4 Å². The first kappa shape index (κ1) is 15.3. The first-order chi connectivity index (χ1) is 10.2. The second-order valence-corrected chi connectivity index (χ2v) is 5.66. The summed E-state index contributed by atoms with van der Waals surface area (Å²) in [5, 5.41) is 9.72. The van der Waals surface area contributed by atoms with Crippen LogP contribution in [0.3, 0.4) is 0 Å². The van der Waals surface area contributed by atoms with E-state index in [2.05, 4.69) is 18.0 Å². The molecular formula is C16H18N2O2S. The molecule has 0 unspecified atom stereocenters. The van der Waals surface area contributed by atoms with Gasteiger partial charge in [0.25, 0.3) is 0 Å². The van der Waals surface area contributed by atoms with Crippen LogP contribution in [0, 0.1) is 18.3 Å². The van der Waals surface area contributed by atoms with Gasteiger partial charge in [-0.25, -0.2) is 4.98 Å². The topological polar surface area (TPSA) is 55.1 Å². The highest BCUT2D eigenvalue weighted by Gasteiger charge is 2.12. The molecule has 0 spiro atoms. The lowest BCUT2D eigenvalue weighted by Crippen LogP contribution is -1.97. The van der Waals surface area contributed by atoms with E-state index in [0.717, 1.165) is 33.3 Å². The molecule has 1 aromatic carbocycles. The Balaban J connectivity index is 2.32. The summed E-state index contributed by atoms with van der Waals surface area (Å²) in [4.78, 5) is 5.55. The van der Waals surface area contributed by atoms with Gasteiger partial charge in [-0.3, -0.25) is 0 Å². The molecular weight excluding hydrogens is 284 g/mol. The Kier molecular flexibility index (Phi) is 5.18. The van der Waals surface area contributed by atoms with Crippen molar-refractivity contribution in [2.45, 2.75) is 26.7 Å². The molecule has 0 amide bonds. The van der Waals surface area contributed by atoms with Crippen molar-refractivity contribution in [1.29, 1.82) is 5.26 Å². The van der Waals surface area contributed by atoms with Crippen LogP contribution in [0.2, 0.25) is 0 Å². The maximum Gasteiger partial charge on any atom is 0.161 e. The van der Waals surface area contributed by atoms with Gasteiger partial charge in [-0.2, -0.15) is 5.26 Å². The zero-order valence-corrected chi connectivity index (χ0v) is 13.3. The number of nitriles is 1. The van der Waals surface area contributed by atoms with E-state index in [1.54, 1.807) is 18.4 Å². The van der Waals surface area contributed by atoms with Crippen LogP contribution in [-0.4, -0.2) is 18.7 Å². The van der Waals surface area contributed by atoms with Crippen molar-refractivity contribution >= 4 is 11.3 Å². The van der Waals surface area contributed by atoms with E-state index in [1.807, 2.05) is 25.1 Å². The summed E-state index contributed by atoms with van der Waals surface area (Å²) in [6.07, 6.45) is 1.35. The molecule has 0 aliphatic heterocycles. The quantitative estimate of drug-likeness (QED) is 0.810. The number of benzene rings is 1. The monoisotopic (exact) mass is 302 g/mol. The van der Waals surface area contributed by atoms with Gasteiger partial charge in [-0.15, -0.1) is 11.3 Å². The molecule has 2 rings (SSSR count). The largest absolute Gasteiger partial charge is 0.493 e. The third kappa shape index (κ3) is 3.53. The molecule has 0 atom stereocenters. The van der Waals surface area contributed by atoms with Crippen LogP contribution in [0.5, 0.6) is 11.5 Å². The van der Waals surface area contributed by atoms with Gasteiger partial charge in [0.1, 0.15) is 5.01 Å². The fourth-order valence-corrected chi connectivity index (χ4v) is 2.91. The van der Waals surface area contributed by atoms with Gasteiger partial charge in [0.05, 0.1) is 31.9 Å². The lowest BCUT2D eigenvalue weighted by Gasteiger charge is -2.10. The second kappa shape index (κ2) is 7.09. The Morgan fingerprint density at radius 1 is 1.33 bits per heavy atom. The molecule has 0 aliphatic carbocycles. The number of rotatable bonds is 6. The van der Waals surface area contributed by atoms with Crippen LogP contribution in [0.15, 0.2) is 18.2 Å². The molecule has 0 saturated heterocycles. The van der Waals surface area contributed by atoms with E-state index in [-0.39, 0.29) is 0 Å². The standard InChI is InChI=1S/C16H18N2O2S/c1-4-9-20-13-6-5-12(10-14(13)19-3)16-18-11(2)15(21-16)7-8-17/h5-6,10H,4,7,9H2,1-3H3. The van der Waals surface area contributed by atoms with Gasteiger partial charge < -0.3 is 9.47 Å². The zero-order chi connectivity index (χ0) is 15.2. The molecule has 2 aromatic rings. The van der Waals surface area contributed by atoms with Gasteiger partial charge >= 0.3 is 0 Å². The van der Waals surface area contributed by atoms with Crippen molar-refractivity contribution < 1.29 is 9.47 Å². The van der Waals surface area contributed by atoms with E-state index < -0.39 is 0 Å². The highest BCUT2D eigenvalue weighted by Crippen LogP contribution is 2.35. The Morgan fingerprint density at radius 3 is 2.81 bits per heavy atom. The Bertz CT molecular complexity index is 659. The van der Waals surface area contributed by atoms with Gasteiger partial charge in [-0.05, 0) is 31.5 Å². The van der Waals surface area contributed by atoms with E-state index in [1.165, 1.54) is 0 Å². The van der Waals surface area contributed by atoms with Crippen LogP contribution >= 0.6 is 11.3 Å². The van der Waals surface area contributed by atoms with E-state index in [4.69, 9.17) is 14.7 Å². The number of thiazole rings is 1. The molecule has 0 radical (unpaired) electrons. The molecule has 1 aromatic heterocycles. The van der Waals surface area contributed by atoms with Crippen molar-refractivity contribution in [2.75, 3.05) is 13.7 Å². The normalized spacial score (nSPS) is 10.2. The fraction of sp³-hybridized carbons (Fsp3) is 0.375. The number of aryl methyl sites for hydroxylation is 1. The minimum Gasteiger partial charge on any atom is -0.493 e. The number of aromatic nitrogens is 1.